The minimum Gasteiger partial charge on any atom is -0.497 e. The number of hydrogen-bond donors (Lipinski definition) is 1. The van der Waals surface area contributed by atoms with Gasteiger partial charge in [-0.05, 0) is 26.0 Å². The predicted molar refractivity (Wildman–Crippen MR) is 87.0 cm³/mol. The van der Waals surface area contributed by atoms with Crippen molar-refractivity contribution >= 4 is 10.2 Å². The van der Waals surface area contributed by atoms with Crippen molar-refractivity contribution in [3.63, 3.8) is 0 Å². The van der Waals surface area contributed by atoms with E-state index in [9.17, 15) is 8.42 Å². The van der Waals surface area contributed by atoms with Crippen LogP contribution in [0.5, 0.6) is 11.5 Å². The molecule has 1 aliphatic heterocycles. The monoisotopic (exact) mass is 344 g/mol. The van der Waals surface area contributed by atoms with Gasteiger partial charge in [0.25, 0.3) is 10.2 Å². The molecule has 1 aliphatic rings. The molecule has 130 valence electrons. The van der Waals surface area contributed by atoms with Gasteiger partial charge in [-0.2, -0.15) is 17.4 Å². The molecule has 0 amide bonds. The number of rotatable bonds is 7. The van der Waals surface area contributed by atoms with Gasteiger partial charge in [-0.1, -0.05) is 6.07 Å². The van der Waals surface area contributed by atoms with Gasteiger partial charge in [0, 0.05) is 25.7 Å². The number of morpholine rings is 1. The van der Waals surface area contributed by atoms with Crippen molar-refractivity contribution in [3.8, 4) is 11.5 Å². The summed E-state index contributed by atoms with van der Waals surface area (Å²) in [5.74, 6) is 1.33. The molecular weight excluding hydrogens is 320 g/mol. The van der Waals surface area contributed by atoms with E-state index in [2.05, 4.69) is 4.72 Å². The first-order valence-corrected chi connectivity index (χ1v) is 9.02. The van der Waals surface area contributed by atoms with Crippen molar-refractivity contribution in [2.45, 2.75) is 26.1 Å². The van der Waals surface area contributed by atoms with Gasteiger partial charge < -0.3 is 14.2 Å². The van der Waals surface area contributed by atoms with Crippen molar-refractivity contribution in [1.29, 1.82) is 0 Å². The zero-order valence-electron chi connectivity index (χ0n) is 13.7. The Bertz CT molecular complexity index is 598. The van der Waals surface area contributed by atoms with Crippen molar-refractivity contribution in [1.82, 2.24) is 9.03 Å². The van der Waals surface area contributed by atoms with E-state index in [0.29, 0.717) is 24.6 Å². The Morgan fingerprint density at radius 1 is 1.26 bits per heavy atom. The molecule has 0 aliphatic carbocycles. The highest BCUT2D eigenvalue weighted by molar-refractivity contribution is 7.87. The fraction of sp³-hybridized carbons (Fsp3) is 0.600. The molecule has 0 unspecified atom stereocenters. The molecule has 0 radical (unpaired) electrons. The summed E-state index contributed by atoms with van der Waals surface area (Å²) in [6.45, 7) is 4.88. The first-order chi connectivity index (χ1) is 10.9. The first-order valence-electron chi connectivity index (χ1n) is 7.58. The summed E-state index contributed by atoms with van der Waals surface area (Å²) >= 11 is 0. The van der Waals surface area contributed by atoms with Gasteiger partial charge in [0.05, 0.1) is 19.3 Å². The van der Waals surface area contributed by atoms with E-state index >= 15 is 0 Å². The summed E-state index contributed by atoms with van der Waals surface area (Å²) < 4.78 is 44.7. The normalized spacial score (nSPS) is 22.7. The van der Waals surface area contributed by atoms with Crippen LogP contribution in [-0.2, 0) is 14.9 Å². The Morgan fingerprint density at radius 2 is 1.91 bits per heavy atom. The number of nitrogens with zero attached hydrogens (tertiary/aromatic N) is 1. The number of ether oxygens (including phenoxy) is 3. The molecule has 23 heavy (non-hydrogen) atoms. The Kier molecular flexibility index (Phi) is 6.23. The molecule has 1 saturated heterocycles. The topological polar surface area (TPSA) is 77.1 Å². The number of nitrogens with one attached hydrogen (secondary N) is 1. The standard InChI is InChI=1S/C15H24N2O5S/c1-12-10-17(11-13(2)22-12)23(18,19)16-7-8-21-15-6-4-5-14(9-15)20-3/h4-6,9,12-13,16H,7-8,10-11H2,1-3H3/t12-,13-/m1/s1. The Balaban J connectivity index is 1.80. The summed E-state index contributed by atoms with van der Waals surface area (Å²) in [7, 11) is -1.94. The lowest BCUT2D eigenvalue weighted by atomic mass is 10.3. The Labute approximate surface area is 137 Å². The summed E-state index contributed by atoms with van der Waals surface area (Å²) in [6, 6.07) is 7.17. The third-order valence-corrected chi connectivity index (χ3v) is 4.97. The van der Waals surface area contributed by atoms with E-state index in [1.807, 2.05) is 26.0 Å². The number of benzene rings is 1. The lowest BCUT2D eigenvalue weighted by Crippen LogP contribution is -2.52. The van der Waals surface area contributed by atoms with Crippen LogP contribution in [0.3, 0.4) is 0 Å². The van der Waals surface area contributed by atoms with Crippen LogP contribution in [-0.4, -0.2) is 58.3 Å². The van der Waals surface area contributed by atoms with Crippen LogP contribution in [0.25, 0.3) is 0 Å². The second kappa shape index (κ2) is 7.96. The highest BCUT2D eigenvalue weighted by Gasteiger charge is 2.30. The van der Waals surface area contributed by atoms with E-state index in [0.717, 1.165) is 0 Å². The zero-order chi connectivity index (χ0) is 16.9. The van der Waals surface area contributed by atoms with Gasteiger partial charge in [0.1, 0.15) is 18.1 Å². The van der Waals surface area contributed by atoms with Crippen LogP contribution in [0.1, 0.15) is 13.8 Å². The first kappa shape index (κ1) is 18.0. The lowest BCUT2D eigenvalue weighted by Gasteiger charge is -2.34. The van der Waals surface area contributed by atoms with E-state index in [1.165, 1.54) is 4.31 Å². The summed E-state index contributed by atoms with van der Waals surface area (Å²) in [4.78, 5) is 0. The van der Waals surface area contributed by atoms with Crippen LogP contribution < -0.4 is 14.2 Å². The lowest BCUT2D eigenvalue weighted by molar-refractivity contribution is -0.0444. The molecule has 7 nitrogen and oxygen atoms in total. The molecule has 1 aromatic rings. The summed E-state index contributed by atoms with van der Waals surface area (Å²) in [5, 5.41) is 0. The van der Waals surface area contributed by atoms with E-state index in [1.54, 1.807) is 19.2 Å². The fourth-order valence-corrected chi connectivity index (χ4v) is 3.78. The highest BCUT2D eigenvalue weighted by atomic mass is 32.2. The summed E-state index contributed by atoms with van der Waals surface area (Å²) in [5.41, 5.74) is 0. The van der Waals surface area contributed by atoms with E-state index in [-0.39, 0.29) is 25.4 Å². The maximum absolute atomic E-state index is 12.3. The molecule has 1 fully saturated rings. The average Bonchev–Trinajstić information content (AvgIpc) is 2.51. The molecule has 2 atom stereocenters. The van der Waals surface area contributed by atoms with E-state index < -0.39 is 10.2 Å². The van der Waals surface area contributed by atoms with Crippen LogP contribution >= 0.6 is 0 Å². The van der Waals surface area contributed by atoms with Gasteiger partial charge in [0.15, 0.2) is 0 Å². The van der Waals surface area contributed by atoms with Crippen LogP contribution in [0.15, 0.2) is 24.3 Å². The predicted octanol–water partition coefficient (Wildman–Crippen LogP) is 1.02. The van der Waals surface area contributed by atoms with Gasteiger partial charge in [-0.3, -0.25) is 0 Å². The van der Waals surface area contributed by atoms with Crippen molar-refractivity contribution < 1.29 is 22.6 Å². The largest absolute Gasteiger partial charge is 0.497 e. The zero-order valence-corrected chi connectivity index (χ0v) is 14.5. The Morgan fingerprint density at radius 3 is 2.57 bits per heavy atom. The van der Waals surface area contributed by atoms with Crippen molar-refractivity contribution in [2.24, 2.45) is 0 Å². The maximum atomic E-state index is 12.3. The molecule has 8 heteroatoms. The second-order valence-electron chi connectivity index (χ2n) is 5.50. The third-order valence-electron chi connectivity index (χ3n) is 3.42. The van der Waals surface area contributed by atoms with Crippen LogP contribution in [0.2, 0.25) is 0 Å². The number of hydrogen-bond acceptors (Lipinski definition) is 5. The highest BCUT2D eigenvalue weighted by Crippen LogP contribution is 2.18. The second-order valence-corrected chi connectivity index (χ2v) is 7.26. The van der Waals surface area contributed by atoms with Crippen molar-refractivity contribution in [2.75, 3.05) is 33.4 Å². The van der Waals surface area contributed by atoms with Crippen molar-refractivity contribution in [3.05, 3.63) is 24.3 Å². The molecule has 0 bridgehead atoms. The SMILES string of the molecule is COc1cccc(OCCNS(=O)(=O)N2C[C@@H](C)O[C@H](C)C2)c1. The van der Waals surface area contributed by atoms with Crippen LogP contribution in [0, 0.1) is 0 Å². The minimum atomic E-state index is -3.52. The molecule has 0 aromatic heterocycles. The summed E-state index contributed by atoms with van der Waals surface area (Å²) in [6.07, 6.45) is -0.216. The van der Waals surface area contributed by atoms with Gasteiger partial charge in [0.2, 0.25) is 0 Å². The molecule has 0 saturated carbocycles. The third kappa shape index (κ3) is 5.35. The minimum absolute atomic E-state index is 0.108. The molecule has 2 rings (SSSR count). The van der Waals surface area contributed by atoms with E-state index in [4.69, 9.17) is 14.2 Å². The molecule has 0 spiro atoms. The Hall–Kier alpha value is -1.35. The smallest absolute Gasteiger partial charge is 0.279 e. The van der Waals surface area contributed by atoms with Crippen LogP contribution in [0.4, 0.5) is 0 Å². The molecule has 1 heterocycles. The fourth-order valence-electron chi connectivity index (χ4n) is 2.45. The van der Waals surface area contributed by atoms with Gasteiger partial charge in [-0.15, -0.1) is 0 Å². The molecule has 1 aromatic carbocycles. The number of methoxy groups -OCH3 is 1. The average molecular weight is 344 g/mol. The van der Waals surface area contributed by atoms with Gasteiger partial charge >= 0.3 is 0 Å². The quantitative estimate of drug-likeness (QED) is 0.747. The van der Waals surface area contributed by atoms with Gasteiger partial charge in [-0.25, -0.2) is 0 Å². The molecule has 1 N–H and O–H groups in total. The maximum Gasteiger partial charge on any atom is 0.279 e. The molecular formula is C15H24N2O5S.